The molecule has 1 aliphatic rings. The van der Waals surface area contributed by atoms with Crippen LogP contribution in [0.15, 0.2) is 4.99 Å². The number of nitrogens with zero attached hydrogens (tertiary/aromatic N) is 3. The minimum Gasteiger partial charge on any atom is -0.366 e. The summed E-state index contributed by atoms with van der Waals surface area (Å²) in [5.41, 5.74) is 0. The van der Waals surface area contributed by atoms with Crippen molar-refractivity contribution >= 4 is 28.2 Å². The van der Waals surface area contributed by atoms with E-state index in [1.165, 1.54) is 11.3 Å². The number of rotatable bonds is 2. The van der Waals surface area contributed by atoms with E-state index in [2.05, 4.69) is 25.8 Å². The second-order valence-electron chi connectivity index (χ2n) is 3.09. The fourth-order valence-electron chi connectivity index (χ4n) is 1.19. The molecule has 1 aromatic heterocycles. The molecule has 0 aromatic carbocycles. The molecule has 0 unspecified atom stereocenters. The highest BCUT2D eigenvalue weighted by molar-refractivity contribution is 7.15. The number of carbonyl (C=O) groups excluding carboxylic acids is 1. The SMILES string of the molecule is Cc1nnc(NC(=O)C2=NCCCN2)s1. The Kier molecular flexibility index (Phi) is 2.91. The molecular weight excluding hydrogens is 214 g/mol. The van der Waals surface area contributed by atoms with Gasteiger partial charge in [-0.25, -0.2) is 0 Å². The van der Waals surface area contributed by atoms with Gasteiger partial charge in [-0.3, -0.25) is 15.1 Å². The van der Waals surface area contributed by atoms with Crippen molar-refractivity contribution in [3.05, 3.63) is 5.01 Å². The third kappa shape index (κ3) is 2.50. The molecule has 7 heteroatoms. The second kappa shape index (κ2) is 4.35. The van der Waals surface area contributed by atoms with Crippen LogP contribution < -0.4 is 10.6 Å². The molecule has 0 saturated heterocycles. The molecule has 0 saturated carbocycles. The summed E-state index contributed by atoms with van der Waals surface area (Å²) in [4.78, 5) is 15.7. The monoisotopic (exact) mass is 225 g/mol. The Morgan fingerprint density at radius 1 is 1.53 bits per heavy atom. The van der Waals surface area contributed by atoms with Crippen molar-refractivity contribution in [2.24, 2.45) is 4.99 Å². The van der Waals surface area contributed by atoms with Crippen molar-refractivity contribution < 1.29 is 4.79 Å². The lowest BCUT2D eigenvalue weighted by Crippen LogP contribution is -2.39. The van der Waals surface area contributed by atoms with E-state index in [1.54, 1.807) is 0 Å². The molecule has 0 atom stereocenters. The maximum Gasteiger partial charge on any atom is 0.292 e. The summed E-state index contributed by atoms with van der Waals surface area (Å²) in [6.45, 7) is 3.33. The van der Waals surface area contributed by atoms with Gasteiger partial charge in [0.2, 0.25) is 5.13 Å². The number of nitrogens with one attached hydrogen (secondary N) is 2. The molecule has 6 nitrogen and oxygen atoms in total. The Labute approximate surface area is 90.8 Å². The van der Waals surface area contributed by atoms with Crippen molar-refractivity contribution in [3.63, 3.8) is 0 Å². The van der Waals surface area contributed by atoms with Gasteiger partial charge in [-0.05, 0) is 13.3 Å². The number of hydrogen-bond acceptors (Lipinski definition) is 6. The van der Waals surface area contributed by atoms with E-state index >= 15 is 0 Å². The Bertz CT molecular complexity index is 399. The molecule has 2 N–H and O–H groups in total. The molecule has 0 fully saturated rings. The van der Waals surface area contributed by atoms with Gasteiger partial charge in [-0.15, -0.1) is 10.2 Å². The van der Waals surface area contributed by atoms with Gasteiger partial charge in [0, 0.05) is 13.1 Å². The van der Waals surface area contributed by atoms with Crippen LogP contribution in [0.4, 0.5) is 5.13 Å². The second-order valence-corrected chi connectivity index (χ2v) is 4.27. The van der Waals surface area contributed by atoms with E-state index in [4.69, 9.17) is 0 Å². The number of amidine groups is 1. The summed E-state index contributed by atoms with van der Waals surface area (Å²) in [5.74, 6) is 0.139. The topological polar surface area (TPSA) is 79.3 Å². The van der Waals surface area contributed by atoms with Gasteiger partial charge >= 0.3 is 0 Å². The molecule has 0 bridgehead atoms. The summed E-state index contributed by atoms with van der Waals surface area (Å²) < 4.78 is 0. The first kappa shape index (κ1) is 10.0. The number of hydrogen-bond donors (Lipinski definition) is 2. The van der Waals surface area contributed by atoms with Crippen LogP contribution in [0.3, 0.4) is 0 Å². The van der Waals surface area contributed by atoms with Crippen LogP contribution >= 0.6 is 11.3 Å². The Morgan fingerprint density at radius 2 is 2.40 bits per heavy atom. The van der Waals surface area contributed by atoms with Gasteiger partial charge in [0.05, 0.1) is 0 Å². The van der Waals surface area contributed by atoms with Crippen LogP contribution in [0.2, 0.25) is 0 Å². The maximum absolute atomic E-state index is 11.6. The molecule has 0 radical (unpaired) electrons. The Balaban J connectivity index is 2.00. The fourth-order valence-corrected chi connectivity index (χ4v) is 1.77. The van der Waals surface area contributed by atoms with Gasteiger partial charge in [0.1, 0.15) is 5.01 Å². The van der Waals surface area contributed by atoms with Crippen LogP contribution in [0.1, 0.15) is 11.4 Å². The number of amides is 1. The first-order valence-corrected chi connectivity index (χ1v) is 5.47. The normalized spacial score (nSPS) is 15.4. The van der Waals surface area contributed by atoms with Crippen LogP contribution in [-0.4, -0.2) is 35.0 Å². The third-order valence-corrected chi connectivity index (χ3v) is 2.61. The third-order valence-electron chi connectivity index (χ3n) is 1.86. The van der Waals surface area contributed by atoms with Crippen molar-refractivity contribution in [2.75, 3.05) is 18.4 Å². The van der Waals surface area contributed by atoms with Gasteiger partial charge in [0.25, 0.3) is 5.91 Å². The number of aryl methyl sites for hydroxylation is 1. The minimum absolute atomic E-state index is 0.245. The molecule has 0 spiro atoms. The zero-order valence-electron chi connectivity index (χ0n) is 8.28. The zero-order valence-corrected chi connectivity index (χ0v) is 9.10. The van der Waals surface area contributed by atoms with Crippen molar-refractivity contribution in [2.45, 2.75) is 13.3 Å². The molecule has 1 aliphatic heterocycles. The van der Waals surface area contributed by atoms with E-state index < -0.39 is 0 Å². The lowest BCUT2D eigenvalue weighted by molar-refractivity contribution is -0.110. The molecule has 2 rings (SSSR count). The van der Waals surface area contributed by atoms with E-state index in [9.17, 15) is 4.79 Å². The number of carbonyl (C=O) groups is 1. The summed E-state index contributed by atoms with van der Waals surface area (Å²) in [6, 6.07) is 0. The predicted octanol–water partition coefficient (Wildman–Crippen LogP) is 0.177. The summed E-state index contributed by atoms with van der Waals surface area (Å²) in [6.07, 6.45) is 0.967. The average Bonchev–Trinajstić information content (AvgIpc) is 2.65. The van der Waals surface area contributed by atoms with E-state index in [0.717, 1.165) is 18.0 Å². The molecule has 0 aliphatic carbocycles. The summed E-state index contributed by atoms with van der Waals surface area (Å²) >= 11 is 1.34. The van der Waals surface area contributed by atoms with Gasteiger partial charge in [-0.1, -0.05) is 11.3 Å². The molecule has 1 amide bonds. The molecule has 2 heterocycles. The van der Waals surface area contributed by atoms with E-state index in [-0.39, 0.29) is 5.91 Å². The van der Waals surface area contributed by atoms with Gasteiger partial charge in [0.15, 0.2) is 5.84 Å². The van der Waals surface area contributed by atoms with Crippen molar-refractivity contribution in [1.29, 1.82) is 0 Å². The fraction of sp³-hybridized carbons (Fsp3) is 0.500. The zero-order chi connectivity index (χ0) is 10.7. The van der Waals surface area contributed by atoms with Crippen LogP contribution in [-0.2, 0) is 4.79 Å². The Hall–Kier alpha value is -1.50. The minimum atomic E-state index is -0.245. The number of aromatic nitrogens is 2. The number of aliphatic imine (C=N–C) groups is 1. The molecule has 1 aromatic rings. The average molecular weight is 225 g/mol. The van der Waals surface area contributed by atoms with Gasteiger partial charge in [-0.2, -0.15) is 0 Å². The standard InChI is InChI=1S/C8H11N5OS/c1-5-12-13-8(15-5)11-7(14)6-9-3-2-4-10-6/h2-4H2,1H3,(H,9,10)(H,11,13,14). The maximum atomic E-state index is 11.6. The van der Waals surface area contributed by atoms with Crippen molar-refractivity contribution in [1.82, 2.24) is 15.5 Å². The first-order chi connectivity index (χ1) is 7.25. The summed E-state index contributed by atoms with van der Waals surface area (Å²) in [5, 5.41) is 14.5. The smallest absolute Gasteiger partial charge is 0.292 e. The highest BCUT2D eigenvalue weighted by Gasteiger charge is 2.15. The number of anilines is 1. The highest BCUT2D eigenvalue weighted by atomic mass is 32.1. The largest absolute Gasteiger partial charge is 0.366 e. The lowest BCUT2D eigenvalue weighted by atomic mass is 10.3. The lowest BCUT2D eigenvalue weighted by Gasteiger charge is -2.12. The quantitative estimate of drug-likeness (QED) is 0.752. The predicted molar refractivity (Wildman–Crippen MR) is 58.2 cm³/mol. The first-order valence-electron chi connectivity index (χ1n) is 4.65. The molecule has 80 valence electrons. The van der Waals surface area contributed by atoms with Gasteiger partial charge < -0.3 is 5.32 Å². The molecule has 15 heavy (non-hydrogen) atoms. The van der Waals surface area contributed by atoms with E-state index in [1.807, 2.05) is 6.92 Å². The van der Waals surface area contributed by atoms with E-state index in [0.29, 0.717) is 17.5 Å². The highest BCUT2D eigenvalue weighted by Crippen LogP contribution is 2.13. The molecular formula is C8H11N5OS. The summed E-state index contributed by atoms with van der Waals surface area (Å²) in [7, 11) is 0. The Morgan fingerprint density at radius 3 is 3.00 bits per heavy atom. The van der Waals surface area contributed by atoms with Crippen molar-refractivity contribution in [3.8, 4) is 0 Å². The van der Waals surface area contributed by atoms with Crippen LogP contribution in [0.5, 0.6) is 0 Å². The van der Waals surface area contributed by atoms with Crippen LogP contribution in [0.25, 0.3) is 0 Å². The van der Waals surface area contributed by atoms with Crippen LogP contribution in [0, 0.1) is 6.92 Å².